The van der Waals surface area contributed by atoms with E-state index >= 15 is 0 Å². The third-order valence-electron chi connectivity index (χ3n) is 3.61. The van der Waals surface area contributed by atoms with E-state index in [1.807, 2.05) is 12.1 Å². The molecule has 0 aliphatic rings. The van der Waals surface area contributed by atoms with Gasteiger partial charge in [-0.25, -0.2) is 9.37 Å². The molecular formula is C17H9ClFN3O2S. The van der Waals surface area contributed by atoms with Crippen LogP contribution >= 0.6 is 22.9 Å². The lowest BCUT2D eigenvalue weighted by molar-refractivity contribution is 0.103. The van der Waals surface area contributed by atoms with Gasteiger partial charge < -0.3 is 5.32 Å². The fourth-order valence-electron chi connectivity index (χ4n) is 2.48. The lowest BCUT2D eigenvalue weighted by Gasteiger charge is -2.06. The van der Waals surface area contributed by atoms with Crippen LogP contribution in [0.4, 0.5) is 10.1 Å². The number of hydrogen-bond acceptors (Lipinski definition) is 4. The number of carbonyl (C=O) groups excluding carboxylic acids is 1. The van der Waals surface area contributed by atoms with Crippen molar-refractivity contribution in [2.75, 3.05) is 5.32 Å². The quantitative estimate of drug-likeness (QED) is 0.578. The summed E-state index contributed by atoms with van der Waals surface area (Å²) in [7, 11) is 0. The summed E-state index contributed by atoms with van der Waals surface area (Å²) < 4.78 is 14.5. The fraction of sp³-hybridized carbons (Fsp3) is 0. The molecule has 0 atom stereocenters. The number of amides is 1. The van der Waals surface area contributed by atoms with Gasteiger partial charge in [0.25, 0.3) is 11.5 Å². The molecule has 0 saturated carbocycles. The first-order valence-electron chi connectivity index (χ1n) is 7.21. The zero-order valence-electron chi connectivity index (χ0n) is 12.5. The van der Waals surface area contributed by atoms with E-state index in [1.54, 1.807) is 12.1 Å². The molecular weight excluding hydrogens is 365 g/mol. The molecule has 0 unspecified atom stereocenters. The van der Waals surface area contributed by atoms with Gasteiger partial charge in [-0.3, -0.25) is 14.0 Å². The molecule has 0 aliphatic heterocycles. The number of halogens is 2. The summed E-state index contributed by atoms with van der Waals surface area (Å²) in [4.78, 5) is 29.8. The highest BCUT2D eigenvalue weighted by molar-refractivity contribution is 7.18. The maximum Gasteiger partial charge on any atom is 0.266 e. The van der Waals surface area contributed by atoms with E-state index in [0.717, 1.165) is 17.4 Å². The topological polar surface area (TPSA) is 63.5 Å². The molecule has 1 N–H and O–H groups in total. The average molecular weight is 374 g/mol. The Morgan fingerprint density at radius 2 is 2.00 bits per heavy atom. The summed E-state index contributed by atoms with van der Waals surface area (Å²) >= 11 is 7.00. The molecule has 4 rings (SSSR count). The van der Waals surface area contributed by atoms with Gasteiger partial charge in [0, 0.05) is 6.07 Å². The summed E-state index contributed by atoms with van der Waals surface area (Å²) in [6, 6.07) is 12.1. The first-order chi connectivity index (χ1) is 12.0. The molecule has 0 bridgehead atoms. The van der Waals surface area contributed by atoms with Crippen LogP contribution in [-0.2, 0) is 0 Å². The first kappa shape index (κ1) is 15.7. The van der Waals surface area contributed by atoms with Gasteiger partial charge in [0.15, 0.2) is 4.96 Å². The van der Waals surface area contributed by atoms with Gasteiger partial charge in [-0.1, -0.05) is 35.1 Å². The molecule has 0 saturated heterocycles. The predicted octanol–water partition coefficient (Wildman–Crippen LogP) is 3.95. The zero-order valence-corrected chi connectivity index (χ0v) is 14.1. The third kappa shape index (κ3) is 2.77. The minimum atomic E-state index is -0.509. The van der Waals surface area contributed by atoms with Crippen molar-refractivity contribution in [3.05, 3.63) is 74.6 Å². The number of anilines is 1. The average Bonchev–Trinajstić information content (AvgIpc) is 2.96. The van der Waals surface area contributed by atoms with Crippen molar-refractivity contribution in [2.24, 2.45) is 0 Å². The Kier molecular flexibility index (Phi) is 3.74. The van der Waals surface area contributed by atoms with Crippen LogP contribution in [0.15, 0.2) is 53.3 Å². The fourth-order valence-corrected chi connectivity index (χ4v) is 3.61. The van der Waals surface area contributed by atoms with Crippen molar-refractivity contribution in [3.8, 4) is 0 Å². The second-order valence-electron chi connectivity index (χ2n) is 5.25. The van der Waals surface area contributed by atoms with Crippen LogP contribution in [0.5, 0.6) is 0 Å². The Morgan fingerprint density at radius 1 is 1.20 bits per heavy atom. The number of rotatable bonds is 2. The second kappa shape index (κ2) is 5.94. The normalized spacial score (nSPS) is 11.1. The monoisotopic (exact) mass is 373 g/mol. The van der Waals surface area contributed by atoms with E-state index in [2.05, 4.69) is 10.3 Å². The standard InChI is InChI=1S/C17H9ClFN3O2S/c18-10-7-9(19)5-6-11(10)20-16(24)14-8-15(23)22-13-4-2-1-3-12(13)21-17(22)25-14/h1-8H,(H,20,24). The Labute approximate surface area is 149 Å². The summed E-state index contributed by atoms with van der Waals surface area (Å²) in [5.74, 6) is -1.01. The second-order valence-corrected chi connectivity index (χ2v) is 6.66. The first-order valence-corrected chi connectivity index (χ1v) is 8.40. The third-order valence-corrected chi connectivity index (χ3v) is 4.90. The minimum Gasteiger partial charge on any atom is -0.320 e. The zero-order chi connectivity index (χ0) is 17.6. The Bertz CT molecular complexity index is 1200. The van der Waals surface area contributed by atoms with Crippen LogP contribution in [0.25, 0.3) is 16.0 Å². The lowest BCUT2D eigenvalue weighted by Crippen LogP contribution is -2.17. The smallest absolute Gasteiger partial charge is 0.266 e. The lowest BCUT2D eigenvalue weighted by atomic mass is 10.3. The SMILES string of the molecule is O=C(Nc1ccc(F)cc1Cl)c1cc(=O)n2c(nc3ccccc32)s1. The van der Waals surface area contributed by atoms with E-state index in [9.17, 15) is 14.0 Å². The van der Waals surface area contributed by atoms with E-state index < -0.39 is 11.7 Å². The number of hydrogen-bond donors (Lipinski definition) is 1. The molecule has 5 nitrogen and oxygen atoms in total. The van der Waals surface area contributed by atoms with Gasteiger partial charge in [0.1, 0.15) is 10.7 Å². The van der Waals surface area contributed by atoms with Crippen LogP contribution in [0, 0.1) is 5.82 Å². The van der Waals surface area contributed by atoms with Gasteiger partial charge in [-0.05, 0) is 30.3 Å². The predicted molar refractivity (Wildman–Crippen MR) is 96.2 cm³/mol. The van der Waals surface area contributed by atoms with Crippen LogP contribution in [0.3, 0.4) is 0 Å². The van der Waals surface area contributed by atoms with Gasteiger partial charge in [0.2, 0.25) is 0 Å². The molecule has 2 heterocycles. The molecule has 2 aromatic heterocycles. The molecule has 4 aromatic rings. The molecule has 0 fully saturated rings. The molecule has 2 aromatic carbocycles. The number of para-hydroxylation sites is 2. The number of nitrogens with zero attached hydrogens (tertiary/aromatic N) is 2. The van der Waals surface area contributed by atoms with Crippen LogP contribution < -0.4 is 10.9 Å². The molecule has 8 heteroatoms. The number of imidazole rings is 1. The highest BCUT2D eigenvalue weighted by Crippen LogP contribution is 2.24. The summed E-state index contributed by atoms with van der Waals surface area (Å²) in [5, 5.41) is 2.65. The Hall–Kier alpha value is -2.77. The van der Waals surface area contributed by atoms with Gasteiger partial charge in [-0.15, -0.1) is 0 Å². The van der Waals surface area contributed by atoms with E-state index in [-0.39, 0.29) is 21.1 Å². The van der Waals surface area contributed by atoms with Crippen LogP contribution in [-0.4, -0.2) is 15.3 Å². The van der Waals surface area contributed by atoms with Crippen molar-refractivity contribution >= 4 is 50.5 Å². The Morgan fingerprint density at radius 3 is 2.80 bits per heavy atom. The van der Waals surface area contributed by atoms with Gasteiger partial charge >= 0.3 is 0 Å². The van der Waals surface area contributed by atoms with E-state index in [0.29, 0.717) is 16.0 Å². The maximum atomic E-state index is 13.1. The van der Waals surface area contributed by atoms with E-state index in [4.69, 9.17) is 11.6 Å². The van der Waals surface area contributed by atoms with Crippen molar-refractivity contribution in [1.82, 2.24) is 9.38 Å². The molecule has 0 spiro atoms. The summed E-state index contributed by atoms with van der Waals surface area (Å²) in [5.41, 5.74) is 1.28. The summed E-state index contributed by atoms with van der Waals surface area (Å²) in [6.07, 6.45) is 0. The van der Waals surface area contributed by atoms with E-state index in [1.165, 1.54) is 22.6 Å². The van der Waals surface area contributed by atoms with Gasteiger partial charge in [-0.2, -0.15) is 0 Å². The van der Waals surface area contributed by atoms with Crippen LogP contribution in [0.2, 0.25) is 5.02 Å². The van der Waals surface area contributed by atoms with Crippen LogP contribution in [0.1, 0.15) is 9.67 Å². The number of benzene rings is 2. The molecule has 25 heavy (non-hydrogen) atoms. The van der Waals surface area contributed by atoms with Gasteiger partial charge in [0.05, 0.1) is 21.7 Å². The van der Waals surface area contributed by atoms with Crippen molar-refractivity contribution < 1.29 is 9.18 Å². The van der Waals surface area contributed by atoms with Crippen molar-refractivity contribution in [1.29, 1.82) is 0 Å². The molecule has 0 radical (unpaired) electrons. The summed E-state index contributed by atoms with van der Waals surface area (Å²) in [6.45, 7) is 0. The molecule has 124 valence electrons. The molecule has 0 aliphatic carbocycles. The largest absolute Gasteiger partial charge is 0.320 e. The minimum absolute atomic E-state index is 0.0772. The van der Waals surface area contributed by atoms with Crippen molar-refractivity contribution in [2.45, 2.75) is 0 Å². The Balaban J connectivity index is 1.77. The number of aromatic nitrogens is 2. The highest BCUT2D eigenvalue weighted by Gasteiger charge is 2.15. The maximum absolute atomic E-state index is 13.1. The number of fused-ring (bicyclic) bond motifs is 3. The van der Waals surface area contributed by atoms with Crippen molar-refractivity contribution in [3.63, 3.8) is 0 Å². The number of carbonyl (C=O) groups is 1. The molecule has 1 amide bonds. The highest BCUT2D eigenvalue weighted by atomic mass is 35.5. The number of nitrogens with one attached hydrogen (secondary N) is 1.